The predicted molar refractivity (Wildman–Crippen MR) is 60.7 cm³/mol. The monoisotopic (exact) mass is 210 g/mol. The molecule has 2 rings (SSSR count). The second-order valence-corrected chi connectivity index (χ2v) is 5.03. The SMILES string of the molecule is CN(C(=O)[C@@H]1CCN1C)C1CCCCC1. The molecule has 2 fully saturated rings. The molecule has 3 heteroatoms. The van der Waals surface area contributed by atoms with Gasteiger partial charge in [0.15, 0.2) is 0 Å². The summed E-state index contributed by atoms with van der Waals surface area (Å²) in [6.07, 6.45) is 7.40. The normalized spacial score (nSPS) is 28.5. The smallest absolute Gasteiger partial charge is 0.239 e. The first-order chi connectivity index (χ1) is 7.20. The average molecular weight is 210 g/mol. The standard InChI is InChI=1S/C12H22N2O/c1-13-9-8-11(13)12(15)14(2)10-6-4-3-5-7-10/h10-11H,3-9H2,1-2H3/t11-/m0/s1. The van der Waals surface area contributed by atoms with Crippen LogP contribution in [0.3, 0.4) is 0 Å². The van der Waals surface area contributed by atoms with Crippen molar-refractivity contribution in [3.63, 3.8) is 0 Å². The van der Waals surface area contributed by atoms with Gasteiger partial charge in [0.2, 0.25) is 5.91 Å². The Labute approximate surface area is 92.4 Å². The second kappa shape index (κ2) is 4.52. The number of hydrogen-bond donors (Lipinski definition) is 0. The lowest BCUT2D eigenvalue weighted by molar-refractivity contribution is -0.142. The highest BCUT2D eigenvalue weighted by Gasteiger charge is 2.35. The molecule has 1 atom stereocenters. The summed E-state index contributed by atoms with van der Waals surface area (Å²) in [4.78, 5) is 16.3. The Hall–Kier alpha value is -0.570. The van der Waals surface area contributed by atoms with E-state index in [4.69, 9.17) is 0 Å². The van der Waals surface area contributed by atoms with Gasteiger partial charge in [-0.25, -0.2) is 0 Å². The molecule has 0 N–H and O–H groups in total. The third kappa shape index (κ3) is 2.17. The summed E-state index contributed by atoms with van der Waals surface area (Å²) in [7, 11) is 4.03. The molecule has 1 heterocycles. The lowest BCUT2D eigenvalue weighted by Gasteiger charge is -2.41. The van der Waals surface area contributed by atoms with Gasteiger partial charge in [0.1, 0.15) is 0 Å². The summed E-state index contributed by atoms with van der Waals surface area (Å²) >= 11 is 0. The largest absolute Gasteiger partial charge is 0.341 e. The summed E-state index contributed by atoms with van der Waals surface area (Å²) in [6, 6.07) is 0.692. The average Bonchev–Trinajstić information content (AvgIpc) is 2.27. The third-order valence-electron chi connectivity index (χ3n) is 4.04. The van der Waals surface area contributed by atoms with Crippen molar-refractivity contribution in [3.8, 4) is 0 Å². The number of likely N-dealkylation sites (tertiary alicyclic amines) is 1. The number of rotatable bonds is 2. The van der Waals surface area contributed by atoms with Crippen LogP contribution in [0.2, 0.25) is 0 Å². The molecule has 0 unspecified atom stereocenters. The van der Waals surface area contributed by atoms with Crippen LogP contribution in [0.1, 0.15) is 38.5 Å². The predicted octanol–water partition coefficient (Wildman–Crippen LogP) is 1.48. The Morgan fingerprint density at radius 2 is 1.87 bits per heavy atom. The van der Waals surface area contributed by atoms with Crippen LogP contribution in [0.5, 0.6) is 0 Å². The Balaban J connectivity index is 1.88. The highest BCUT2D eigenvalue weighted by Crippen LogP contribution is 2.24. The summed E-state index contributed by atoms with van der Waals surface area (Å²) in [5, 5.41) is 0. The molecule has 1 aliphatic heterocycles. The van der Waals surface area contributed by atoms with E-state index in [1.807, 2.05) is 19.0 Å². The highest BCUT2D eigenvalue weighted by molar-refractivity contribution is 5.82. The molecule has 0 aromatic carbocycles. The van der Waals surface area contributed by atoms with Crippen molar-refractivity contribution in [1.82, 2.24) is 9.80 Å². The Bertz CT molecular complexity index is 236. The molecular weight excluding hydrogens is 188 g/mol. The molecule has 86 valence electrons. The van der Waals surface area contributed by atoms with Crippen LogP contribution in [-0.2, 0) is 4.79 Å². The van der Waals surface area contributed by atoms with Gasteiger partial charge in [-0.1, -0.05) is 19.3 Å². The Morgan fingerprint density at radius 1 is 1.20 bits per heavy atom. The lowest BCUT2D eigenvalue weighted by Crippen LogP contribution is -2.56. The van der Waals surface area contributed by atoms with Gasteiger partial charge >= 0.3 is 0 Å². The van der Waals surface area contributed by atoms with Gasteiger partial charge in [0, 0.05) is 19.6 Å². The Kier molecular flexibility index (Phi) is 3.29. The maximum atomic E-state index is 12.1. The minimum atomic E-state index is 0.178. The fourth-order valence-corrected chi connectivity index (χ4v) is 2.71. The van der Waals surface area contributed by atoms with Crippen LogP contribution in [0.25, 0.3) is 0 Å². The number of amides is 1. The zero-order chi connectivity index (χ0) is 10.8. The minimum Gasteiger partial charge on any atom is -0.341 e. The van der Waals surface area contributed by atoms with Gasteiger partial charge in [0.05, 0.1) is 6.04 Å². The highest BCUT2D eigenvalue weighted by atomic mass is 16.2. The first kappa shape index (κ1) is 10.9. The van der Waals surface area contributed by atoms with E-state index in [0.717, 1.165) is 13.0 Å². The molecule has 3 nitrogen and oxygen atoms in total. The molecule has 0 spiro atoms. The zero-order valence-corrected chi connectivity index (χ0v) is 9.91. The van der Waals surface area contributed by atoms with Crippen molar-refractivity contribution in [2.75, 3.05) is 20.6 Å². The minimum absolute atomic E-state index is 0.178. The molecule has 0 radical (unpaired) electrons. The van der Waals surface area contributed by atoms with Gasteiger partial charge in [-0.3, -0.25) is 9.69 Å². The maximum absolute atomic E-state index is 12.1. The third-order valence-corrected chi connectivity index (χ3v) is 4.04. The van der Waals surface area contributed by atoms with Crippen molar-refractivity contribution >= 4 is 5.91 Å². The second-order valence-electron chi connectivity index (χ2n) is 5.03. The first-order valence-corrected chi connectivity index (χ1v) is 6.17. The summed E-state index contributed by atoms with van der Waals surface area (Å²) < 4.78 is 0. The fraction of sp³-hybridized carbons (Fsp3) is 0.917. The first-order valence-electron chi connectivity index (χ1n) is 6.17. The quantitative estimate of drug-likeness (QED) is 0.689. The number of carbonyl (C=O) groups is 1. The van der Waals surface area contributed by atoms with E-state index in [0.29, 0.717) is 11.9 Å². The van der Waals surface area contributed by atoms with Gasteiger partial charge in [-0.15, -0.1) is 0 Å². The van der Waals surface area contributed by atoms with E-state index in [-0.39, 0.29) is 6.04 Å². The van der Waals surface area contributed by atoms with Gasteiger partial charge in [0.25, 0.3) is 0 Å². The van der Waals surface area contributed by atoms with Crippen LogP contribution >= 0.6 is 0 Å². The van der Waals surface area contributed by atoms with E-state index in [9.17, 15) is 4.79 Å². The maximum Gasteiger partial charge on any atom is 0.239 e. The van der Waals surface area contributed by atoms with E-state index >= 15 is 0 Å². The summed E-state index contributed by atoms with van der Waals surface area (Å²) in [5.41, 5.74) is 0. The van der Waals surface area contributed by atoms with E-state index in [2.05, 4.69) is 4.90 Å². The number of hydrogen-bond acceptors (Lipinski definition) is 2. The molecule has 0 bridgehead atoms. The van der Waals surface area contributed by atoms with Crippen molar-refractivity contribution in [2.45, 2.75) is 50.6 Å². The van der Waals surface area contributed by atoms with Gasteiger partial charge in [-0.2, -0.15) is 0 Å². The van der Waals surface area contributed by atoms with E-state index in [1.165, 1.54) is 32.1 Å². The molecule has 0 aromatic heterocycles. The summed E-state index contributed by atoms with van der Waals surface area (Å²) in [6.45, 7) is 1.08. The molecule has 1 aliphatic carbocycles. The van der Waals surface area contributed by atoms with Crippen LogP contribution < -0.4 is 0 Å². The lowest BCUT2D eigenvalue weighted by atomic mass is 9.93. The van der Waals surface area contributed by atoms with Crippen molar-refractivity contribution in [3.05, 3.63) is 0 Å². The van der Waals surface area contributed by atoms with Crippen LogP contribution in [0, 0.1) is 0 Å². The zero-order valence-electron chi connectivity index (χ0n) is 9.91. The van der Waals surface area contributed by atoms with Crippen molar-refractivity contribution in [2.24, 2.45) is 0 Å². The van der Waals surface area contributed by atoms with Gasteiger partial charge in [-0.05, 0) is 26.3 Å². The number of carbonyl (C=O) groups excluding carboxylic acids is 1. The molecule has 1 amide bonds. The van der Waals surface area contributed by atoms with Crippen molar-refractivity contribution in [1.29, 1.82) is 0 Å². The topological polar surface area (TPSA) is 23.6 Å². The van der Waals surface area contributed by atoms with Crippen LogP contribution in [-0.4, -0.2) is 48.4 Å². The van der Waals surface area contributed by atoms with E-state index < -0.39 is 0 Å². The Morgan fingerprint density at radius 3 is 2.33 bits per heavy atom. The van der Waals surface area contributed by atoms with Crippen LogP contribution in [0.15, 0.2) is 0 Å². The van der Waals surface area contributed by atoms with Crippen LogP contribution in [0.4, 0.5) is 0 Å². The summed E-state index contributed by atoms with van der Waals surface area (Å²) in [5.74, 6) is 0.343. The molecule has 1 saturated heterocycles. The molecular formula is C12H22N2O. The molecule has 0 aromatic rings. The van der Waals surface area contributed by atoms with Crippen molar-refractivity contribution < 1.29 is 4.79 Å². The molecule has 1 saturated carbocycles. The molecule has 15 heavy (non-hydrogen) atoms. The number of nitrogens with zero attached hydrogens (tertiary/aromatic N) is 2. The number of likely N-dealkylation sites (N-methyl/N-ethyl adjacent to an activating group) is 2. The molecule has 2 aliphatic rings. The van der Waals surface area contributed by atoms with Gasteiger partial charge < -0.3 is 4.90 Å². The fourth-order valence-electron chi connectivity index (χ4n) is 2.71. The van der Waals surface area contributed by atoms with E-state index in [1.54, 1.807) is 0 Å².